The predicted molar refractivity (Wildman–Crippen MR) is 84.1 cm³/mol. The van der Waals surface area contributed by atoms with Crippen LogP contribution in [0.3, 0.4) is 0 Å². The first-order chi connectivity index (χ1) is 9.85. The maximum atomic E-state index is 11.4. The van der Waals surface area contributed by atoms with Gasteiger partial charge in [0.1, 0.15) is 0 Å². The van der Waals surface area contributed by atoms with Crippen molar-refractivity contribution in [3.8, 4) is 0 Å². The highest BCUT2D eigenvalue weighted by atomic mass is 32.2. The lowest BCUT2D eigenvalue weighted by atomic mass is 9.92. The molecule has 4 nitrogen and oxygen atoms in total. The van der Waals surface area contributed by atoms with Crippen LogP contribution < -0.4 is 5.32 Å². The highest BCUT2D eigenvalue weighted by Crippen LogP contribution is 2.26. The number of benzene rings is 2. The lowest BCUT2D eigenvalue weighted by molar-refractivity contribution is 0.224. The van der Waals surface area contributed by atoms with Gasteiger partial charge in [0.05, 0.1) is 17.0 Å². The first-order valence-corrected chi connectivity index (χ1v) is 8.49. The van der Waals surface area contributed by atoms with Crippen molar-refractivity contribution in [1.29, 1.82) is 0 Å². The Balaban J connectivity index is 2.27. The molecular formula is C16H19NO3S. The molecule has 1 unspecified atom stereocenters. The van der Waals surface area contributed by atoms with E-state index in [9.17, 15) is 13.5 Å². The molecule has 0 bridgehead atoms. The maximum absolute atomic E-state index is 11.4. The number of nitrogens with one attached hydrogen (secondary N) is 1. The average Bonchev–Trinajstić information content (AvgIpc) is 2.47. The Bertz CT molecular complexity index is 696. The zero-order chi connectivity index (χ0) is 15.5. The summed E-state index contributed by atoms with van der Waals surface area (Å²) in [5.74, 6) is 0. The summed E-state index contributed by atoms with van der Waals surface area (Å²) in [5, 5.41) is 13.0. The molecule has 2 aromatic carbocycles. The number of aliphatic hydroxyl groups is 1. The third-order valence-corrected chi connectivity index (χ3v) is 4.56. The lowest BCUT2D eigenvalue weighted by Gasteiger charge is -2.30. The molecular weight excluding hydrogens is 286 g/mol. The van der Waals surface area contributed by atoms with E-state index in [0.717, 1.165) is 11.3 Å². The Morgan fingerprint density at radius 1 is 1.05 bits per heavy atom. The molecule has 0 aliphatic carbocycles. The van der Waals surface area contributed by atoms with Crippen LogP contribution in [0.1, 0.15) is 12.5 Å². The zero-order valence-corrected chi connectivity index (χ0v) is 12.9. The first-order valence-electron chi connectivity index (χ1n) is 6.60. The number of anilines is 1. The van der Waals surface area contributed by atoms with Crippen LogP contribution in [-0.4, -0.2) is 26.4 Å². The maximum Gasteiger partial charge on any atom is 0.175 e. The molecule has 5 heteroatoms. The quantitative estimate of drug-likeness (QED) is 0.890. The minimum atomic E-state index is -3.20. The van der Waals surface area contributed by atoms with Crippen molar-refractivity contribution in [2.75, 3.05) is 18.2 Å². The molecule has 0 spiro atoms. The normalized spacial score (nSPS) is 14.4. The van der Waals surface area contributed by atoms with E-state index in [1.54, 1.807) is 24.3 Å². The summed E-state index contributed by atoms with van der Waals surface area (Å²) >= 11 is 0. The summed E-state index contributed by atoms with van der Waals surface area (Å²) in [7, 11) is -3.20. The fourth-order valence-corrected chi connectivity index (χ4v) is 2.74. The monoisotopic (exact) mass is 305 g/mol. The van der Waals surface area contributed by atoms with E-state index >= 15 is 0 Å². The van der Waals surface area contributed by atoms with E-state index in [1.807, 2.05) is 37.3 Å². The van der Waals surface area contributed by atoms with Crippen LogP contribution in [-0.2, 0) is 15.4 Å². The van der Waals surface area contributed by atoms with Crippen molar-refractivity contribution in [3.05, 3.63) is 60.2 Å². The van der Waals surface area contributed by atoms with Crippen LogP contribution in [0.2, 0.25) is 0 Å². The molecule has 21 heavy (non-hydrogen) atoms. The van der Waals surface area contributed by atoms with E-state index in [2.05, 4.69) is 5.32 Å². The van der Waals surface area contributed by atoms with E-state index in [0.29, 0.717) is 0 Å². The third kappa shape index (κ3) is 3.62. The van der Waals surface area contributed by atoms with Crippen molar-refractivity contribution < 1.29 is 13.5 Å². The Labute approximate surface area is 125 Å². The summed E-state index contributed by atoms with van der Waals surface area (Å²) < 4.78 is 22.9. The summed E-state index contributed by atoms with van der Waals surface area (Å²) in [4.78, 5) is 0.276. The Hall–Kier alpha value is -1.85. The molecule has 0 saturated heterocycles. The Kier molecular flexibility index (Phi) is 4.34. The standard InChI is InChI=1S/C16H19NO3S/c1-16(12-18,13-6-4-3-5-7-13)17-14-8-10-15(11-9-14)21(2,19)20/h3-11,17-18H,12H2,1-2H3. The van der Waals surface area contributed by atoms with Gasteiger partial charge in [-0.1, -0.05) is 30.3 Å². The number of hydrogen-bond donors (Lipinski definition) is 2. The molecule has 2 aromatic rings. The first kappa shape index (κ1) is 15.5. The van der Waals surface area contributed by atoms with Gasteiger partial charge in [0.25, 0.3) is 0 Å². The second-order valence-corrected chi connectivity index (χ2v) is 7.29. The predicted octanol–water partition coefficient (Wildman–Crippen LogP) is 2.41. The second-order valence-electron chi connectivity index (χ2n) is 5.28. The van der Waals surface area contributed by atoms with E-state index in [-0.39, 0.29) is 11.5 Å². The van der Waals surface area contributed by atoms with Gasteiger partial charge in [-0.2, -0.15) is 0 Å². The third-order valence-electron chi connectivity index (χ3n) is 3.43. The molecule has 112 valence electrons. The molecule has 0 saturated carbocycles. The minimum Gasteiger partial charge on any atom is -0.394 e. The molecule has 0 heterocycles. The van der Waals surface area contributed by atoms with Gasteiger partial charge in [-0.3, -0.25) is 0 Å². The van der Waals surface area contributed by atoms with Gasteiger partial charge in [-0.15, -0.1) is 0 Å². The van der Waals surface area contributed by atoms with Crippen molar-refractivity contribution in [3.63, 3.8) is 0 Å². The van der Waals surface area contributed by atoms with Crippen molar-refractivity contribution in [2.24, 2.45) is 0 Å². The minimum absolute atomic E-state index is 0.0785. The highest BCUT2D eigenvalue weighted by Gasteiger charge is 2.25. The number of rotatable bonds is 5. The SMILES string of the molecule is CC(CO)(Nc1ccc(S(C)(=O)=O)cc1)c1ccccc1. The van der Waals surface area contributed by atoms with Crippen molar-refractivity contribution >= 4 is 15.5 Å². The molecule has 0 radical (unpaired) electrons. The van der Waals surface area contributed by atoms with Crippen LogP contribution in [0.15, 0.2) is 59.5 Å². The summed E-state index contributed by atoms with van der Waals surface area (Å²) in [6, 6.07) is 16.1. The average molecular weight is 305 g/mol. The van der Waals surface area contributed by atoms with E-state index < -0.39 is 15.4 Å². The van der Waals surface area contributed by atoms with Gasteiger partial charge in [0.15, 0.2) is 9.84 Å². The molecule has 0 aliphatic rings. The molecule has 1 atom stereocenters. The summed E-state index contributed by atoms with van der Waals surface area (Å²) in [6.45, 7) is 1.82. The fourth-order valence-electron chi connectivity index (χ4n) is 2.11. The topological polar surface area (TPSA) is 66.4 Å². The van der Waals surface area contributed by atoms with Crippen LogP contribution in [0.5, 0.6) is 0 Å². The molecule has 0 aromatic heterocycles. The van der Waals surface area contributed by atoms with Crippen LogP contribution in [0, 0.1) is 0 Å². The summed E-state index contributed by atoms with van der Waals surface area (Å²) in [6.07, 6.45) is 1.18. The largest absolute Gasteiger partial charge is 0.394 e. The summed E-state index contributed by atoms with van der Waals surface area (Å²) in [5.41, 5.74) is 1.08. The molecule has 2 rings (SSSR count). The number of hydrogen-bond acceptors (Lipinski definition) is 4. The molecule has 0 amide bonds. The number of sulfone groups is 1. The smallest absolute Gasteiger partial charge is 0.175 e. The number of aliphatic hydroxyl groups excluding tert-OH is 1. The zero-order valence-electron chi connectivity index (χ0n) is 12.1. The van der Waals surface area contributed by atoms with E-state index in [1.165, 1.54) is 6.26 Å². The van der Waals surface area contributed by atoms with Crippen LogP contribution in [0.4, 0.5) is 5.69 Å². The van der Waals surface area contributed by atoms with Gasteiger partial charge in [0.2, 0.25) is 0 Å². The lowest BCUT2D eigenvalue weighted by Crippen LogP contribution is -2.35. The second kappa shape index (κ2) is 5.87. The van der Waals surface area contributed by atoms with Gasteiger partial charge >= 0.3 is 0 Å². The van der Waals surface area contributed by atoms with Crippen LogP contribution in [0.25, 0.3) is 0 Å². The Morgan fingerprint density at radius 2 is 1.62 bits per heavy atom. The molecule has 0 fully saturated rings. The van der Waals surface area contributed by atoms with Crippen molar-refractivity contribution in [1.82, 2.24) is 0 Å². The fraction of sp³-hybridized carbons (Fsp3) is 0.250. The molecule has 2 N–H and O–H groups in total. The van der Waals surface area contributed by atoms with Gasteiger partial charge < -0.3 is 10.4 Å². The van der Waals surface area contributed by atoms with Gasteiger partial charge in [0, 0.05) is 11.9 Å². The van der Waals surface area contributed by atoms with E-state index in [4.69, 9.17) is 0 Å². The highest BCUT2D eigenvalue weighted by molar-refractivity contribution is 7.90. The molecule has 0 aliphatic heterocycles. The van der Waals surface area contributed by atoms with Crippen molar-refractivity contribution in [2.45, 2.75) is 17.4 Å². The van der Waals surface area contributed by atoms with Gasteiger partial charge in [-0.05, 0) is 36.8 Å². The van der Waals surface area contributed by atoms with Gasteiger partial charge in [-0.25, -0.2) is 8.42 Å². The Morgan fingerprint density at radius 3 is 2.10 bits per heavy atom. The van der Waals surface area contributed by atoms with Crippen LogP contribution >= 0.6 is 0 Å².